The van der Waals surface area contributed by atoms with Crippen molar-refractivity contribution in [2.24, 2.45) is 0 Å². The maximum absolute atomic E-state index is 13.2. The number of para-hydroxylation sites is 1. The first-order valence-electron chi connectivity index (χ1n) is 9.69. The predicted octanol–water partition coefficient (Wildman–Crippen LogP) is 3.40. The summed E-state index contributed by atoms with van der Waals surface area (Å²) in [7, 11) is 0. The highest BCUT2D eigenvalue weighted by Crippen LogP contribution is 2.34. The number of benzene rings is 3. The van der Waals surface area contributed by atoms with Crippen molar-refractivity contribution in [3.63, 3.8) is 0 Å². The molecule has 1 aliphatic heterocycles. The van der Waals surface area contributed by atoms with E-state index in [9.17, 15) is 9.90 Å². The van der Waals surface area contributed by atoms with Gasteiger partial charge in [0, 0.05) is 18.5 Å². The first-order valence-corrected chi connectivity index (χ1v) is 9.69. The molecule has 0 radical (unpaired) electrons. The van der Waals surface area contributed by atoms with Crippen LogP contribution in [0.1, 0.15) is 23.1 Å². The number of fused-ring (bicyclic) bond motifs is 1. The largest absolute Gasteiger partial charge is 0.490 e. The predicted molar refractivity (Wildman–Crippen MR) is 110 cm³/mol. The van der Waals surface area contributed by atoms with Gasteiger partial charge in [-0.05, 0) is 17.2 Å². The molecule has 1 amide bonds. The van der Waals surface area contributed by atoms with Gasteiger partial charge in [-0.15, -0.1) is 0 Å². The van der Waals surface area contributed by atoms with Crippen molar-refractivity contribution in [3.05, 3.63) is 95.6 Å². The van der Waals surface area contributed by atoms with E-state index < -0.39 is 11.5 Å². The van der Waals surface area contributed by atoms with Gasteiger partial charge in [-0.3, -0.25) is 4.79 Å². The number of aliphatic hydroxyl groups is 1. The van der Waals surface area contributed by atoms with Crippen LogP contribution < -0.4 is 14.8 Å². The third-order valence-corrected chi connectivity index (χ3v) is 5.00. The molecule has 4 rings (SSSR count). The Morgan fingerprint density at radius 2 is 1.48 bits per heavy atom. The van der Waals surface area contributed by atoms with Gasteiger partial charge in [-0.2, -0.15) is 0 Å². The van der Waals surface area contributed by atoms with Crippen molar-refractivity contribution >= 4 is 5.91 Å². The number of ether oxygens (including phenoxy) is 2. The quantitative estimate of drug-likeness (QED) is 0.702. The Morgan fingerprint density at radius 1 is 0.862 bits per heavy atom. The molecule has 29 heavy (non-hydrogen) atoms. The third-order valence-electron chi connectivity index (χ3n) is 5.00. The van der Waals surface area contributed by atoms with Gasteiger partial charge in [0.05, 0.1) is 13.2 Å². The molecule has 0 aliphatic carbocycles. The molecule has 2 N–H and O–H groups in total. The highest BCUT2D eigenvalue weighted by atomic mass is 16.5. The average Bonchev–Trinajstić information content (AvgIpc) is 3.04. The molecule has 0 unspecified atom stereocenters. The van der Waals surface area contributed by atoms with Crippen molar-refractivity contribution in [3.8, 4) is 11.5 Å². The number of hydrogen-bond acceptors (Lipinski definition) is 4. The molecule has 0 aromatic heterocycles. The van der Waals surface area contributed by atoms with Crippen LogP contribution in [0.3, 0.4) is 0 Å². The SMILES string of the molecule is O=C(NCc1cccc2c1OCCCO2)C(O)(c1ccccc1)c1ccccc1. The Kier molecular flexibility index (Phi) is 5.49. The van der Waals surface area contributed by atoms with Gasteiger partial charge in [0.25, 0.3) is 5.91 Å². The van der Waals surface area contributed by atoms with E-state index in [1.807, 2.05) is 30.3 Å². The first kappa shape index (κ1) is 19.0. The summed E-state index contributed by atoms with van der Waals surface area (Å²) < 4.78 is 11.5. The smallest absolute Gasteiger partial charge is 0.261 e. The molecule has 1 heterocycles. The van der Waals surface area contributed by atoms with E-state index in [0.717, 1.165) is 12.0 Å². The summed E-state index contributed by atoms with van der Waals surface area (Å²) in [6.45, 7) is 1.38. The molecular formula is C24H23NO4. The Labute approximate surface area is 169 Å². The van der Waals surface area contributed by atoms with Crippen molar-refractivity contribution in [1.29, 1.82) is 0 Å². The third kappa shape index (κ3) is 3.82. The molecule has 3 aromatic rings. The first-order chi connectivity index (χ1) is 14.2. The Morgan fingerprint density at radius 3 is 2.14 bits per heavy atom. The van der Waals surface area contributed by atoms with Gasteiger partial charge in [0.15, 0.2) is 17.1 Å². The zero-order valence-corrected chi connectivity index (χ0v) is 16.0. The van der Waals surface area contributed by atoms with Crippen molar-refractivity contribution < 1.29 is 19.4 Å². The summed E-state index contributed by atoms with van der Waals surface area (Å²) in [4.78, 5) is 13.2. The lowest BCUT2D eigenvalue weighted by Crippen LogP contribution is -2.45. The van der Waals surface area contributed by atoms with E-state index in [-0.39, 0.29) is 6.54 Å². The van der Waals surface area contributed by atoms with E-state index in [0.29, 0.717) is 35.8 Å². The average molecular weight is 389 g/mol. The van der Waals surface area contributed by atoms with Crippen LogP contribution >= 0.6 is 0 Å². The minimum atomic E-state index is -1.80. The summed E-state index contributed by atoms with van der Waals surface area (Å²) in [5.41, 5.74) is 0.0255. The zero-order valence-electron chi connectivity index (χ0n) is 16.0. The summed E-state index contributed by atoms with van der Waals surface area (Å²) in [5, 5.41) is 14.4. The summed E-state index contributed by atoms with van der Waals surface area (Å²) in [5.74, 6) is 0.825. The number of amides is 1. The van der Waals surface area contributed by atoms with Gasteiger partial charge in [0.2, 0.25) is 0 Å². The molecule has 0 bridgehead atoms. The molecule has 0 saturated carbocycles. The van der Waals surface area contributed by atoms with Crippen LogP contribution in [0.2, 0.25) is 0 Å². The molecule has 0 fully saturated rings. The zero-order chi connectivity index (χ0) is 20.1. The van der Waals surface area contributed by atoms with Crippen molar-refractivity contribution in [2.75, 3.05) is 13.2 Å². The molecule has 1 aliphatic rings. The fraction of sp³-hybridized carbons (Fsp3) is 0.208. The topological polar surface area (TPSA) is 67.8 Å². The van der Waals surface area contributed by atoms with Crippen LogP contribution in [0, 0.1) is 0 Å². The van der Waals surface area contributed by atoms with E-state index in [4.69, 9.17) is 9.47 Å². The lowest BCUT2D eigenvalue weighted by molar-refractivity contribution is -0.136. The van der Waals surface area contributed by atoms with Crippen LogP contribution in [-0.4, -0.2) is 24.2 Å². The molecule has 5 heteroatoms. The van der Waals surface area contributed by atoms with Crippen molar-refractivity contribution in [1.82, 2.24) is 5.32 Å². The van der Waals surface area contributed by atoms with Gasteiger partial charge < -0.3 is 19.9 Å². The highest BCUT2D eigenvalue weighted by Gasteiger charge is 2.39. The van der Waals surface area contributed by atoms with E-state index >= 15 is 0 Å². The Balaban J connectivity index is 1.62. The molecule has 0 atom stereocenters. The van der Waals surface area contributed by atoms with Crippen LogP contribution in [0.25, 0.3) is 0 Å². The second-order valence-electron chi connectivity index (χ2n) is 6.92. The van der Waals surface area contributed by atoms with Crippen molar-refractivity contribution in [2.45, 2.75) is 18.6 Å². The number of carbonyl (C=O) groups is 1. The van der Waals surface area contributed by atoms with Crippen LogP contribution in [-0.2, 0) is 16.9 Å². The maximum atomic E-state index is 13.2. The second kappa shape index (κ2) is 8.37. The minimum Gasteiger partial charge on any atom is -0.490 e. The van der Waals surface area contributed by atoms with E-state index in [1.54, 1.807) is 48.5 Å². The Hall–Kier alpha value is -3.31. The van der Waals surface area contributed by atoms with Gasteiger partial charge in [-0.1, -0.05) is 72.8 Å². The summed E-state index contributed by atoms with van der Waals surface area (Å²) in [6, 6.07) is 23.5. The lowest BCUT2D eigenvalue weighted by Gasteiger charge is -2.28. The number of nitrogens with one attached hydrogen (secondary N) is 1. The molecule has 148 valence electrons. The fourth-order valence-corrected chi connectivity index (χ4v) is 3.48. The Bertz CT molecular complexity index is 933. The number of rotatable bonds is 5. The van der Waals surface area contributed by atoms with E-state index in [2.05, 4.69) is 5.32 Å². The van der Waals surface area contributed by atoms with Gasteiger partial charge >= 0.3 is 0 Å². The maximum Gasteiger partial charge on any atom is 0.261 e. The standard InChI is InChI=1S/C24H23NO4/c26-23(25-17-18-9-7-14-21-22(18)29-16-8-15-28-21)24(27,19-10-3-1-4-11-19)20-12-5-2-6-13-20/h1-7,9-14,27H,8,15-17H2,(H,25,26). The monoisotopic (exact) mass is 389 g/mol. The van der Waals surface area contributed by atoms with E-state index in [1.165, 1.54) is 0 Å². The molecule has 0 saturated heterocycles. The van der Waals surface area contributed by atoms with Gasteiger partial charge in [-0.25, -0.2) is 0 Å². The van der Waals surface area contributed by atoms with Crippen LogP contribution in [0.4, 0.5) is 0 Å². The minimum absolute atomic E-state index is 0.216. The highest BCUT2D eigenvalue weighted by molar-refractivity contribution is 5.90. The summed E-state index contributed by atoms with van der Waals surface area (Å²) >= 11 is 0. The fourth-order valence-electron chi connectivity index (χ4n) is 3.48. The molecule has 5 nitrogen and oxygen atoms in total. The second-order valence-corrected chi connectivity index (χ2v) is 6.92. The van der Waals surface area contributed by atoms with Crippen LogP contribution in [0.15, 0.2) is 78.9 Å². The lowest BCUT2D eigenvalue weighted by atomic mass is 9.85. The molecular weight excluding hydrogens is 366 g/mol. The molecule has 3 aromatic carbocycles. The molecule has 0 spiro atoms. The van der Waals surface area contributed by atoms with Crippen LogP contribution in [0.5, 0.6) is 11.5 Å². The normalized spacial score (nSPS) is 13.4. The number of carbonyl (C=O) groups excluding carboxylic acids is 1. The summed E-state index contributed by atoms with van der Waals surface area (Å²) in [6.07, 6.45) is 0.808. The van der Waals surface area contributed by atoms with Gasteiger partial charge in [0.1, 0.15) is 0 Å². The number of hydrogen-bond donors (Lipinski definition) is 2.